The van der Waals surface area contributed by atoms with Gasteiger partial charge in [-0.15, -0.1) is 0 Å². The molecule has 15 heterocycles. The van der Waals surface area contributed by atoms with E-state index in [-0.39, 0.29) is 17.5 Å². The molecular formula is C97H73ClF2N18O3. The van der Waals surface area contributed by atoms with Crippen LogP contribution in [0.25, 0.3) is 177 Å². The van der Waals surface area contributed by atoms with Crippen molar-refractivity contribution in [3.8, 4) is 95.7 Å². The number of nitrogens with zero attached hydrogens (tertiary/aromatic N) is 15. The van der Waals surface area contributed by atoms with Crippen LogP contribution in [0.5, 0.6) is 5.75 Å². The second kappa shape index (κ2) is 34.8. The van der Waals surface area contributed by atoms with E-state index in [1.165, 1.54) is 25.1 Å². The van der Waals surface area contributed by atoms with Crippen molar-refractivity contribution in [1.29, 1.82) is 0 Å². The fraction of sp³-hybridized carbons (Fsp3) is 0.0825. The van der Waals surface area contributed by atoms with Crippen LogP contribution in [0, 0.1) is 18.6 Å². The summed E-state index contributed by atoms with van der Waals surface area (Å²) in [6, 6.07) is 67.4. The van der Waals surface area contributed by atoms with Crippen LogP contribution in [0.3, 0.4) is 0 Å². The molecule has 0 saturated heterocycles. The van der Waals surface area contributed by atoms with Gasteiger partial charge in [-0.25, -0.2) is 58.6 Å². The molecule has 5 N–H and O–H groups in total. The number of anilines is 3. The highest BCUT2D eigenvalue weighted by Gasteiger charge is 2.23. The number of halogens is 3. The Hall–Kier alpha value is -15.5. The topological polar surface area (TPSA) is 287 Å². The predicted molar refractivity (Wildman–Crippen MR) is 477 cm³/mol. The first-order valence-electron chi connectivity index (χ1n) is 38.9. The Morgan fingerprint density at radius 3 is 1.56 bits per heavy atom. The van der Waals surface area contributed by atoms with Gasteiger partial charge in [0.2, 0.25) is 5.91 Å². The second-order valence-electron chi connectivity index (χ2n) is 28.2. The van der Waals surface area contributed by atoms with Crippen LogP contribution in [0.4, 0.5) is 26.1 Å². The van der Waals surface area contributed by atoms with E-state index in [1.807, 2.05) is 183 Å². The first-order chi connectivity index (χ1) is 59.2. The van der Waals surface area contributed by atoms with E-state index in [2.05, 4.69) is 94.9 Å². The summed E-state index contributed by atoms with van der Waals surface area (Å²) in [6.45, 7) is 11.1. The lowest BCUT2D eigenvalue weighted by Gasteiger charge is -2.19. The molecule has 24 heteroatoms. The Bertz CT molecular complexity index is 7330. The van der Waals surface area contributed by atoms with Crippen LogP contribution in [0.15, 0.2) is 297 Å². The Labute approximate surface area is 697 Å². The molecule has 0 fully saturated rings. The maximum atomic E-state index is 14.8. The number of likely N-dealkylation sites (N-methyl/N-ethyl adjacent to an activating group) is 1. The van der Waals surface area contributed by atoms with E-state index in [0.29, 0.717) is 85.5 Å². The second-order valence-corrected chi connectivity index (χ2v) is 28.6. The van der Waals surface area contributed by atoms with Gasteiger partial charge in [-0.3, -0.25) is 24.7 Å². The number of hydrogen-bond acceptors (Lipinski definition) is 20. The molecule has 0 radical (unpaired) electrons. The number of aryl methyl sites for hydroxylation is 1. The monoisotopic (exact) mass is 1610 g/mol. The molecule has 121 heavy (non-hydrogen) atoms. The Morgan fingerprint density at radius 1 is 0.430 bits per heavy atom. The number of pyridine rings is 14. The average molecular weight is 1610 g/mol. The van der Waals surface area contributed by atoms with Gasteiger partial charge in [0.25, 0.3) is 0 Å². The summed E-state index contributed by atoms with van der Waals surface area (Å²) < 4.78 is 41.3. The van der Waals surface area contributed by atoms with Crippen molar-refractivity contribution in [3.05, 3.63) is 315 Å². The highest BCUT2D eigenvalue weighted by molar-refractivity contribution is 6.31. The molecule has 0 spiro atoms. The highest BCUT2D eigenvalue weighted by Crippen LogP contribution is 2.44. The van der Waals surface area contributed by atoms with E-state index in [0.717, 1.165) is 152 Å². The molecule has 0 aliphatic heterocycles. The van der Waals surface area contributed by atoms with Crippen molar-refractivity contribution >= 4 is 122 Å². The molecular weight excluding hydrogens is 1540 g/mol. The van der Waals surface area contributed by atoms with Crippen LogP contribution in [0.2, 0.25) is 5.02 Å². The number of furan rings is 1. The maximum Gasteiger partial charge on any atom is 0.221 e. The Balaban J connectivity index is 0.000000116. The summed E-state index contributed by atoms with van der Waals surface area (Å²) in [5, 5.41) is 14.3. The third-order valence-corrected chi connectivity index (χ3v) is 21.0. The molecule has 0 saturated carbocycles. The number of aromatic nitrogens is 14. The number of nitrogens with one attached hydrogen (secondary N) is 1. The highest BCUT2D eigenvalue weighted by atomic mass is 35.5. The first-order valence-corrected chi connectivity index (χ1v) is 39.3. The van der Waals surface area contributed by atoms with Crippen LogP contribution in [-0.4, -0.2) is 107 Å². The molecule has 5 aromatic carbocycles. The lowest BCUT2D eigenvalue weighted by Crippen LogP contribution is -2.27. The Morgan fingerprint density at radius 2 is 0.950 bits per heavy atom. The number of carbonyl (C=O) groups is 1. The number of fused-ring (bicyclic) bond motifs is 8. The van der Waals surface area contributed by atoms with Crippen LogP contribution >= 0.6 is 11.6 Å². The maximum absolute atomic E-state index is 14.8. The summed E-state index contributed by atoms with van der Waals surface area (Å²) >= 11 is 6.18. The van der Waals surface area contributed by atoms with Gasteiger partial charge in [0.15, 0.2) is 28.3 Å². The summed E-state index contributed by atoms with van der Waals surface area (Å²) in [5.74, 6) is 2.36. The van der Waals surface area contributed by atoms with Crippen molar-refractivity contribution in [2.75, 3.05) is 43.0 Å². The van der Waals surface area contributed by atoms with Gasteiger partial charge in [0.1, 0.15) is 47.1 Å². The van der Waals surface area contributed by atoms with Crippen molar-refractivity contribution in [2.24, 2.45) is 0 Å². The lowest BCUT2D eigenvalue weighted by molar-refractivity contribution is -0.114. The third kappa shape index (κ3) is 16.3. The average Bonchev–Trinajstić information content (AvgIpc) is 1.48. The molecule has 0 aliphatic carbocycles. The molecule has 0 atom stereocenters. The normalized spacial score (nSPS) is 11.2. The minimum Gasteiger partial charge on any atom is -0.492 e. The van der Waals surface area contributed by atoms with Crippen LogP contribution in [0.1, 0.15) is 26.5 Å². The molecule has 590 valence electrons. The summed E-state index contributed by atoms with van der Waals surface area (Å²) in [7, 11) is 0. The van der Waals surface area contributed by atoms with Crippen LogP contribution < -0.4 is 21.5 Å². The predicted octanol–water partition coefficient (Wildman–Crippen LogP) is 21.5. The zero-order valence-electron chi connectivity index (χ0n) is 65.8. The minimum absolute atomic E-state index is 0.180. The van der Waals surface area contributed by atoms with Gasteiger partial charge < -0.3 is 30.8 Å². The first kappa shape index (κ1) is 78.1. The van der Waals surface area contributed by atoms with Gasteiger partial charge in [-0.1, -0.05) is 80.0 Å². The lowest BCUT2D eigenvalue weighted by atomic mass is 9.94. The minimum atomic E-state index is -0.390. The standard InChI is InChI=1S/C29H26ClFN4O.C25H17FN4O.C22H15N5.C21H15N5O/c1-3-35(4-2)14-15-36-28-10-8-20(21-11-13-32-18-25(21)28)23-17-27(24-16-19(30)7-9-26(24)31)34-29-22(23)6-5-12-33-29;1-15(31)29-22-9-8-16-14-27-12-10-17(16)24(22)20-13-23(19-5-2-3-7-21(19)26)30-25-18(20)6-4-11-28-25;23-21-16-9-11-24-20(15(16)8-12-25-21)18-13-19(14-5-2-1-3-6-14)27-22-17(18)7-4-10-26-22;1-12-4-5-18(27-12)17-11-16(15-3-2-8-25-21(15)26-17)19-13-6-10-24-20(22)14(13)7-9-23-19/h5-13,16-18H,3-4,14-15H2,1-2H3;2-14H,1H3,(H,29,31);1-13H,(H2,23,25);2-11H,1H3,(H2,22,24). The molecule has 15 aromatic heterocycles. The third-order valence-electron chi connectivity index (χ3n) is 20.7. The van der Waals surface area contributed by atoms with Gasteiger partial charge >= 0.3 is 0 Å². The van der Waals surface area contributed by atoms with Crippen molar-refractivity contribution in [2.45, 2.75) is 27.7 Å². The van der Waals surface area contributed by atoms with Crippen molar-refractivity contribution < 1.29 is 22.7 Å². The number of rotatable bonds is 15. The molecule has 21 nitrogen and oxygen atoms in total. The number of ether oxygens (including phenoxy) is 1. The summed E-state index contributed by atoms with van der Waals surface area (Å²) in [4.78, 5) is 77.0. The molecule has 0 aliphatic rings. The summed E-state index contributed by atoms with van der Waals surface area (Å²) in [6.07, 6.45) is 20.8. The molecule has 20 rings (SSSR count). The number of benzene rings is 5. The zero-order valence-corrected chi connectivity index (χ0v) is 66.5. The van der Waals surface area contributed by atoms with E-state index < -0.39 is 0 Å². The SMILES string of the molecule is CC(=O)Nc1ccc2cnccc2c1-c1cc(-c2ccccc2F)nc2ncccc12.CCN(CC)CCOc1ccc(-c2cc(-c3cc(Cl)ccc3F)nc3ncccc23)c2ccncc12.Cc1ccc(-c2cc(-c3nccc4c(N)nccc34)c3cccnc3n2)o1.Nc1nccc2c(-c3cc(-c4ccccc4)nc4ncccc34)nccc12. The number of hydrogen-bond donors (Lipinski definition) is 3. The van der Waals surface area contributed by atoms with Gasteiger partial charge in [0.05, 0.1) is 28.5 Å². The van der Waals surface area contributed by atoms with Crippen molar-refractivity contribution in [3.63, 3.8) is 0 Å². The van der Waals surface area contributed by atoms with E-state index in [1.54, 1.807) is 92.4 Å². The van der Waals surface area contributed by atoms with E-state index in [9.17, 15) is 13.6 Å². The Kier molecular flexibility index (Phi) is 22.4. The van der Waals surface area contributed by atoms with Gasteiger partial charge in [-0.05, 0) is 211 Å². The number of nitrogen functional groups attached to an aromatic ring is 2. The van der Waals surface area contributed by atoms with Crippen molar-refractivity contribution in [1.82, 2.24) is 74.7 Å². The van der Waals surface area contributed by atoms with Crippen LogP contribution in [-0.2, 0) is 4.79 Å². The van der Waals surface area contributed by atoms with E-state index >= 15 is 0 Å². The largest absolute Gasteiger partial charge is 0.492 e. The van der Waals surface area contributed by atoms with E-state index in [4.69, 9.17) is 37.2 Å². The molecule has 0 unspecified atom stereocenters. The fourth-order valence-electron chi connectivity index (χ4n) is 14.9. The van der Waals surface area contributed by atoms with Gasteiger partial charge in [-0.2, -0.15) is 0 Å². The number of amides is 1. The number of nitrogens with two attached hydrogens (primary N) is 2. The molecule has 20 aromatic rings. The quantitative estimate of drug-likeness (QED) is 0.0859. The summed E-state index contributed by atoms with van der Waals surface area (Å²) in [5.41, 5.74) is 26.5. The van der Waals surface area contributed by atoms with Gasteiger partial charge in [0, 0.05) is 186 Å². The molecule has 1 amide bonds. The molecule has 0 bridgehead atoms. The number of carbonyl (C=O) groups excluding carboxylic acids is 1. The smallest absolute Gasteiger partial charge is 0.221 e. The zero-order chi connectivity index (χ0) is 83.0. The fourth-order valence-corrected chi connectivity index (χ4v) is 15.1.